The van der Waals surface area contributed by atoms with Gasteiger partial charge in [-0.15, -0.1) is 0 Å². The fourth-order valence-corrected chi connectivity index (χ4v) is 2.28. The lowest BCUT2D eigenvalue weighted by Crippen LogP contribution is -2.16. The minimum Gasteiger partial charge on any atom is -0.478 e. The van der Waals surface area contributed by atoms with Crippen molar-refractivity contribution in [1.29, 1.82) is 0 Å². The Morgan fingerprint density at radius 2 is 2.11 bits per heavy atom. The summed E-state index contributed by atoms with van der Waals surface area (Å²) < 4.78 is 1.62. The van der Waals surface area contributed by atoms with Crippen LogP contribution in [0.2, 0.25) is 0 Å². The zero-order valence-corrected chi connectivity index (χ0v) is 11.0. The topological polar surface area (TPSA) is 75.1 Å². The molecule has 0 spiro atoms. The molecule has 2 N–H and O–H groups in total. The van der Waals surface area contributed by atoms with Crippen LogP contribution in [0.4, 0.5) is 0 Å². The van der Waals surface area contributed by atoms with Crippen LogP contribution in [0.3, 0.4) is 0 Å². The molecule has 0 saturated heterocycles. The molecule has 0 radical (unpaired) electrons. The van der Waals surface area contributed by atoms with Gasteiger partial charge in [0.1, 0.15) is 0 Å². The summed E-state index contributed by atoms with van der Waals surface area (Å²) in [5.41, 5.74) is 0.985. The first-order valence-corrected chi connectivity index (χ1v) is 6.60. The molecule has 0 aliphatic heterocycles. The van der Waals surface area contributed by atoms with Gasteiger partial charge < -0.3 is 10.1 Å². The normalized spacial score (nSPS) is 11.0. The van der Waals surface area contributed by atoms with Crippen molar-refractivity contribution in [3.63, 3.8) is 0 Å². The second-order valence-corrected chi connectivity index (χ2v) is 4.65. The minimum absolute atomic E-state index is 0.141. The van der Waals surface area contributed by atoms with Crippen LogP contribution >= 0.6 is 0 Å². The van der Waals surface area contributed by atoms with E-state index in [4.69, 9.17) is 5.11 Å². The number of para-hydroxylation sites is 1. The van der Waals surface area contributed by atoms with Crippen molar-refractivity contribution in [3.8, 4) is 0 Å². The average molecular weight is 262 g/mol. The number of hydrogen-bond donors (Lipinski definition) is 2. The summed E-state index contributed by atoms with van der Waals surface area (Å²) in [5, 5.41) is 9.10. The van der Waals surface area contributed by atoms with Gasteiger partial charge in [-0.3, -0.25) is 4.57 Å². The van der Waals surface area contributed by atoms with Gasteiger partial charge in [0.25, 0.3) is 0 Å². The van der Waals surface area contributed by atoms with E-state index in [0.717, 1.165) is 25.7 Å². The molecule has 102 valence electrons. The Morgan fingerprint density at radius 3 is 2.79 bits per heavy atom. The van der Waals surface area contributed by atoms with Crippen LogP contribution in [0.5, 0.6) is 0 Å². The summed E-state index contributed by atoms with van der Waals surface area (Å²) in [6.45, 7) is 2.76. The molecule has 0 fully saturated rings. The number of aromatic amines is 1. The fourth-order valence-electron chi connectivity index (χ4n) is 2.28. The lowest BCUT2D eigenvalue weighted by atomic mass is 10.2. The standard InChI is InChI=1S/C14H18N2O3/c1-2-3-4-5-9-16-11-8-6-7-10(13(17)18)12(11)15-14(16)19/h6-8H,2-5,9H2,1H3,(H,15,19)(H,17,18). The fraction of sp³-hybridized carbons (Fsp3) is 0.429. The van der Waals surface area contributed by atoms with E-state index in [1.165, 1.54) is 6.07 Å². The minimum atomic E-state index is -1.02. The number of carboxylic acids is 1. The maximum atomic E-state index is 11.9. The van der Waals surface area contributed by atoms with Gasteiger partial charge in [0.15, 0.2) is 0 Å². The van der Waals surface area contributed by atoms with Crippen LogP contribution < -0.4 is 5.69 Å². The summed E-state index contributed by atoms with van der Waals surface area (Å²) in [7, 11) is 0. The number of carboxylic acid groups (broad SMARTS) is 1. The molecule has 0 saturated carbocycles. The van der Waals surface area contributed by atoms with E-state index in [9.17, 15) is 9.59 Å². The number of rotatable bonds is 6. The quantitative estimate of drug-likeness (QED) is 0.786. The van der Waals surface area contributed by atoms with Crippen LogP contribution in [-0.4, -0.2) is 20.6 Å². The zero-order valence-electron chi connectivity index (χ0n) is 11.0. The number of fused-ring (bicyclic) bond motifs is 1. The average Bonchev–Trinajstić information content (AvgIpc) is 2.70. The number of nitrogens with one attached hydrogen (secondary N) is 1. The van der Waals surface area contributed by atoms with Gasteiger partial charge >= 0.3 is 11.7 Å². The first kappa shape index (κ1) is 13.4. The van der Waals surface area contributed by atoms with Crippen molar-refractivity contribution in [1.82, 2.24) is 9.55 Å². The summed E-state index contributed by atoms with van der Waals surface area (Å²) >= 11 is 0. The molecule has 5 heteroatoms. The van der Waals surface area contributed by atoms with E-state index >= 15 is 0 Å². The summed E-state index contributed by atoms with van der Waals surface area (Å²) in [5.74, 6) is -1.02. The molecule has 2 aromatic rings. The van der Waals surface area contributed by atoms with Crippen molar-refractivity contribution in [2.45, 2.75) is 39.2 Å². The SMILES string of the molecule is CCCCCCn1c(=O)[nH]c2c(C(=O)O)cccc21. The second kappa shape index (κ2) is 5.73. The van der Waals surface area contributed by atoms with Gasteiger partial charge in [-0.05, 0) is 18.6 Å². The monoisotopic (exact) mass is 262 g/mol. The van der Waals surface area contributed by atoms with Crippen molar-refractivity contribution < 1.29 is 9.90 Å². The third-order valence-electron chi connectivity index (χ3n) is 3.28. The summed E-state index contributed by atoms with van der Waals surface area (Å²) in [6.07, 6.45) is 4.30. The maximum Gasteiger partial charge on any atom is 0.337 e. The summed E-state index contributed by atoms with van der Waals surface area (Å²) in [6, 6.07) is 4.95. The number of unbranched alkanes of at least 4 members (excludes halogenated alkanes) is 3. The lowest BCUT2D eigenvalue weighted by molar-refractivity contribution is 0.0699. The van der Waals surface area contributed by atoms with Crippen molar-refractivity contribution in [3.05, 3.63) is 34.2 Å². The van der Waals surface area contributed by atoms with Gasteiger partial charge in [-0.1, -0.05) is 32.3 Å². The number of benzene rings is 1. The first-order valence-electron chi connectivity index (χ1n) is 6.60. The predicted molar refractivity (Wildman–Crippen MR) is 73.7 cm³/mol. The van der Waals surface area contributed by atoms with Crippen molar-refractivity contribution in [2.24, 2.45) is 0 Å². The van der Waals surface area contributed by atoms with Crippen LogP contribution in [0, 0.1) is 0 Å². The molecule has 0 unspecified atom stereocenters. The third kappa shape index (κ3) is 2.70. The summed E-state index contributed by atoms with van der Waals surface area (Å²) in [4.78, 5) is 25.6. The largest absolute Gasteiger partial charge is 0.478 e. The number of imidazole rings is 1. The van der Waals surface area contributed by atoms with Gasteiger partial charge in [0, 0.05) is 6.54 Å². The highest BCUT2D eigenvalue weighted by Crippen LogP contribution is 2.16. The number of carbonyl (C=O) groups is 1. The lowest BCUT2D eigenvalue weighted by Gasteiger charge is -2.03. The van der Waals surface area contributed by atoms with Crippen LogP contribution in [-0.2, 0) is 6.54 Å². The highest BCUT2D eigenvalue weighted by atomic mass is 16.4. The first-order chi connectivity index (χ1) is 9.15. The van der Waals surface area contributed by atoms with E-state index < -0.39 is 5.97 Å². The number of nitrogens with zero attached hydrogens (tertiary/aromatic N) is 1. The number of aromatic carboxylic acids is 1. The molecule has 1 aromatic carbocycles. The molecule has 19 heavy (non-hydrogen) atoms. The highest BCUT2D eigenvalue weighted by molar-refractivity contribution is 6.00. The predicted octanol–water partition coefficient (Wildman–Crippen LogP) is 2.61. The van der Waals surface area contributed by atoms with Crippen LogP contribution in [0.25, 0.3) is 11.0 Å². The maximum absolute atomic E-state index is 11.9. The molecular formula is C14H18N2O3. The van der Waals surface area contributed by atoms with Crippen LogP contribution in [0.15, 0.2) is 23.0 Å². The van der Waals surface area contributed by atoms with E-state index in [2.05, 4.69) is 11.9 Å². The number of H-pyrrole nitrogens is 1. The molecule has 0 aliphatic carbocycles. The molecule has 1 aromatic heterocycles. The van der Waals surface area contributed by atoms with E-state index in [0.29, 0.717) is 17.6 Å². The van der Waals surface area contributed by atoms with E-state index in [1.54, 1.807) is 16.7 Å². The van der Waals surface area contributed by atoms with Crippen LogP contribution in [0.1, 0.15) is 43.0 Å². The Hall–Kier alpha value is -2.04. The molecule has 0 aliphatic rings. The molecule has 5 nitrogen and oxygen atoms in total. The molecule has 0 bridgehead atoms. The number of hydrogen-bond acceptors (Lipinski definition) is 2. The van der Waals surface area contributed by atoms with Gasteiger partial charge in [-0.2, -0.15) is 0 Å². The Balaban J connectivity index is 2.34. The Labute approximate surface area is 110 Å². The zero-order chi connectivity index (χ0) is 13.8. The Morgan fingerprint density at radius 1 is 1.32 bits per heavy atom. The van der Waals surface area contributed by atoms with E-state index in [1.807, 2.05) is 0 Å². The highest BCUT2D eigenvalue weighted by Gasteiger charge is 2.13. The molecule has 2 rings (SSSR count). The molecule has 1 heterocycles. The van der Waals surface area contributed by atoms with Gasteiger partial charge in [0.05, 0.1) is 16.6 Å². The molecular weight excluding hydrogens is 244 g/mol. The molecule has 0 amide bonds. The van der Waals surface area contributed by atoms with Gasteiger partial charge in [-0.25, -0.2) is 9.59 Å². The van der Waals surface area contributed by atoms with Crippen molar-refractivity contribution >= 4 is 17.0 Å². The van der Waals surface area contributed by atoms with E-state index in [-0.39, 0.29) is 11.3 Å². The van der Waals surface area contributed by atoms with Gasteiger partial charge in [0.2, 0.25) is 0 Å². The Bertz CT molecular complexity index is 640. The smallest absolute Gasteiger partial charge is 0.337 e. The second-order valence-electron chi connectivity index (χ2n) is 4.65. The Kier molecular flexibility index (Phi) is 4.04. The number of aryl methyl sites for hydroxylation is 1. The third-order valence-corrected chi connectivity index (χ3v) is 3.28. The number of aromatic nitrogens is 2. The molecule has 0 atom stereocenters. The van der Waals surface area contributed by atoms with Crippen molar-refractivity contribution in [2.75, 3.05) is 0 Å².